The largest absolute Gasteiger partial charge is 0.508 e. The Bertz CT molecular complexity index is 458. The third kappa shape index (κ3) is 3.74. The van der Waals surface area contributed by atoms with Crippen molar-refractivity contribution in [2.75, 3.05) is 11.9 Å². The van der Waals surface area contributed by atoms with Gasteiger partial charge in [0.05, 0.1) is 0 Å². The number of benzene rings is 1. The summed E-state index contributed by atoms with van der Waals surface area (Å²) < 4.78 is 0. The maximum atomic E-state index is 12.0. The van der Waals surface area contributed by atoms with E-state index in [9.17, 15) is 9.90 Å². The number of allylic oxidation sites excluding steroid dienone is 1. The molecule has 1 aromatic carbocycles. The second kappa shape index (κ2) is 6.27. The first-order valence-electron chi connectivity index (χ1n) is 6.68. The van der Waals surface area contributed by atoms with Gasteiger partial charge >= 0.3 is 6.03 Å². The summed E-state index contributed by atoms with van der Waals surface area (Å²) >= 11 is 0. The molecule has 0 saturated heterocycles. The smallest absolute Gasteiger partial charge is 0.325 e. The van der Waals surface area contributed by atoms with Gasteiger partial charge in [0.15, 0.2) is 0 Å². The van der Waals surface area contributed by atoms with Gasteiger partial charge in [-0.25, -0.2) is 4.79 Å². The lowest BCUT2D eigenvalue weighted by Gasteiger charge is -2.18. The highest BCUT2D eigenvalue weighted by atomic mass is 16.3. The van der Waals surface area contributed by atoms with Crippen LogP contribution in [-0.4, -0.2) is 18.2 Å². The van der Waals surface area contributed by atoms with Crippen LogP contribution in [0.2, 0.25) is 0 Å². The minimum Gasteiger partial charge on any atom is -0.508 e. The van der Waals surface area contributed by atoms with Crippen LogP contribution in [0.1, 0.15) is 32.1 Å². The van der Waals surface area contributed by atoms with Crippen LogP contribution in [0.5, 0.6) is 5.75 Å². The van der Waals surface area contributed by atoms with E-state index in [0.29, 0.717) is 0 Å². The van der Waals surface area contributed by atoms with Crippen molar-refractivity contribution in [1.29, 1.82) is 0 Å². The van der Waals surface area contributed by atoms with Crippen molar-refractivity contribution < 1.29 is 9.90 Å². The Morgan fingerprint density at radius 1 is 1.21 bits per heavy atom. The molecule has 0 heterocycles. The van der Waals surface area contributed by atoms with Crippen molar-refractivity contribution in [2.24, 2.45) is 0 Å². The van der Waals surface area contributed by atoms with Crippen molar-refractivity contribution in [1.82, 2.24) is 5.32 Å². The van der Waals surface area contributed by atoms with Gasteiger partial charge in [-0.15, -0.1) is 0 Å². The van der Waals surface area contributed by atoms with E-state index in [1.807, 2.05) is 6.20 Å². The summed E-state index contributed by atoms with van der Waals surface area (Å²) in [5.41, 5.74) is 2.07. The number of phenols is 1. The first-order chi connectivity index (χ1) is 9.16. The van der Waals surface area contributed by atoms with Crippen molar-refractivity contribution in [3.8, 4) is 5.75 Å². The normalized spacial score (nSPS) is 14.9. The Labute approximate surface area is 113 Å². The van der Waals surface area contributed by atoms with E-state index in [1.54, 1.807) is 31.3 Å². The minimum absolute atomic E-state index is 0.163. The number of rotatable bonds is 2. The van der Waals surface area contributed by atoms with Crippen molar-refractivity contribution >= 4 is 11.7 Å². The van der Waals surface area contributed by atoms with E-state index in [-0.39, 0.29) is 11.8 Å². The van der Waals surface area contributed by atoms with Crippen molar-refractivity contribution in [3.63, 3.8) is 0 Å². The monoisotopic (exact) mass is 260 g/mol. The number of amides is 2. The number of nitrogens with zero attached hydrogens (tertiary/aromatic N) is 1. The van der Waals surface area contributed by atoms with Gasteiger partial charge in [0.25, 0.3) is 0 Å². The molecule has 4 heteroatoms. The Kier molecular flexibility index (Phi) is 4.44. The van der Waals surface area contributed by atoms with Crippen LogP contribution in [0.4, 0.5) is 10.5 Å². The molecule has 0 aliphatic heterocycles. The molecule has 19 heavy (non-hydrogen) atoms. The molecule has 2 N–H and O–H groups in total. The Balaban J connectivity index is 1.93. The number of hydrogen-bond donors (Lipinski definition) is 2. The molecule has 2 amide bonds. The standard InChI is InChI=1S/C15H20N2O2/c1-17(13-7-9-14(18)10-8-13)15(19)16-11-12-5-3-2-4-6-12/h7-11,18H,2-6H2,1H3,(H,16,19). The summed E-state index contributed by atoms with van der Waals surface area (Å²) in [5.74, 6) is 0.196. The molecule has 2 rings (SSSR count). The molecule has 1 saturated carbocycles. The lowest BCUT2D eigenvalue weighted by Crippen LogP contribution is -2.34. The van der Waals surface area contributed by atoms with E-state index in [1.165, 1.54) is 29.7 Å². The molecule has 0 unspecified atom stereocenters. The highest BCUT2D eigenvalue weighted by Crippen LogP contribution is 2.22. The summed E-state index contributed by atoms with van der Waals surface area (Å²) in [6.45, 7) is 0. The lowest BCUT2D eigenvalue weighted by molar-refractivity contribution is 0.250. The number of anilines is 1. The number of urea groups is 1. The number of phenolic OH excluding ortho intramolecular Hbond substituents is 1. The average Bonchev–Trinajstić information content (AvgIpc) is 2.46. The molecule has 0 atom stereocenters. The molecule has 0 radical (unpaired) electrons. The van der Waals surface area contributed by atoms with Crippen LogP contribution in [0.3, 0.4) is 0 Å². The number of nitrogens with one attached hydrogen (secondary N) is 1. The van der Waals surface area contributed by atoms with Crippen LogP contribution in [0.25, 0.3) is 0 Å². The summed E-state index contributed by atoms with van der Waals surface area (Å²) in [6, 6.07) is 6.40. The van der Waals surface area contributed by atoms with Crippen LogP contribution in [0.15, 0.2) is 36.0 Å². The Morgan fingerprint density at radius 2 is 1.84 bits per heavy atom. The average molecular weight is 260 g/mol. The fourth-order valence-electron chi connectivity index (χ4n) is 2.20. The maximum Gasteiger partial charge on any atom is 0.325 e. The Morgan fingerprint density at radius 3 is 2.47 bits per heavy atom. The van der Waals surface area contributed by atoms with E-state index in [4.69, 9.17) is 0 Å². The van der Waals surface area contributed by atoms with E-state index in [0.717, 1.165) is 18.5 Å². The van der Waals surface area contributed by atoms with Gasteiger partial charge in [0, 0.05) is 18.9 Å². The fourth-order valence-corrected chi connectivity index (χ4v) is 2.20. The molecule has 1 aliphatic rings. The summed E-state index contributed by atoms with van der Waals surface area (Å²) in [6.07, 6.45) is 7.74. The number of hydrogen-bond acceptors (Lipinski definition) is 2. The zero-order valence-electron chi connectivity index (χ0n) is 11.2. The molecule has 0 bridgehead atoms. The zero-order chi connectivity index (χ0) is 13.7. The predicted molar refractivity (Wildman–Crippen MR) is 76.2 cm³/mol. The Hall–Kier alpha value is -1.97. The van der Waals surface area contributed by atoms with Crippen LogP contribution >= 0.6 is 0 Å². The highest BCUT2D eigenvalue weighted by Gasteiger charge is 2.10. The summed E-state index contributed by atoms with van der Waals surface area (Å²) in [7, 11) is 1.71. The fraction of sp³-hybridized carbons (Fsp3) is 0.400. The van der Waals surface area contributed by atoms with Gasteiger partial charge in [-0.2, -0.15) is 0 Å². The molecule has 102 valence electrons. The van der Waals surface area contributed by atoms with Crippen LogP contribution in [-0.2, 0) is 0 Å². The van der Waals surface area contributed by atoms with Gasteiger partial charge in [0.2, 0.25) is 0 Å². The van der Waals surface area contributed by atoms with Crippen molar-refractivity contribution in [3.05, 3.63) is 36.0 Å². The van der Waals surface area contributed by atoms with E-state index < -0.39 is 0 Å². The highest BCUT2D eigenvalue weighted by molar-refractivity contribution is 5.92. The molecular formula is C15H20N2O2. The van der Waals surface area contributed by atoms with Gasteiger partial charge in [-0.3, -0.25) is 4.90 Å². The van der Waals surface area contributed by atoms with E-state index in [2.05, 4.69) is 5.32 Å². The molecule has 1 aromatic rings. The maximum absolute atomic E-state index is 12.0. The molecular weight excluding hydrogens is 240 g/mol. The molecule has 0 aromatic heterocycles. The van der Waals surface area contributed by atoms with Crippen LogP contribution in [0, 0.1) is 0 Å². The molecule has 1 aliphatic carbocycles. The summed E-state index contributed by atoms with van der Waals surface area (Å²) in [4.78, 5) is 13.5. The third-order valence-electron chi connectivity index (χ3n) is 3.44. The minimum atomic E-state index is -0.163. The zero-order valence-corrected chi connectivity index (χ0v) is 11.2. The van der Waals surface area contributed by atoms with Gasteiger partial charge < -0.3 is 10.4 Å². The second-order valence-electron chi connectivity index (χ2n) is 4.89. The quantitative estimate of drug-likeness (QED) is 0.856. The topological polar surface area (TPSA) is 52.6 Å². The number of carbonyl (C=O) groups is 1. The molecule has 0 spiro atoms. The first-order valence-corrected chi connectivity index (χ1v) is 6.68. The molecule has 4 nitrogen and oxygen atoms in total. The first kappa shape index (κ1) is 13.5. The van der Waals surface area contributed by atoms with Gasteiger partial charge in [-0.1, -0.05) is 12.0 Å². The lowest BCUT2D eigenvalue weighted by atomic mass is 9.96. The van der Waals surface area contributed by atoms with Crippen LogP contribution < -0.4 is 10.2 Å². The van der Waals surface area contributed by atoms with Crippen molar-refractivity contribution in [2.45, 2.75) is 32.1 Å². The number of aromatic hydroxyl groups is 1. The number of carbonyl (C=O) groups excluding carboxylic acids is 1. The molecule has 1 fully saturated rings. The third-order valence-corrected chi connectivity index (χ3v) is 3.44. The predicted octanol–water partition coefficient (Wildman–Crippen LogP) is 3.39. The second-order valence-corrected chi connectivity index (χ2v) is 4.89. The van der Waals surface area contributed by atoms with Gasteiger partial charge in [-0.05, 0) is 49.9 Å². The van der Waals surface area contributed by atoms with E-state index >= 15 is 0 Å². The summed E-state index contributed by atoms with van der Waals surface area (Å²) in [5, 5.41) is 12.0. The SMILES string of the molecule is CN(C(=O)NC=C1CCCCC1)c1ccc(O)cc1. The van der Waals surface area contributed by atoms with Gasteiger partial charge in [0.1, 0.15) is 5.75 Å².